The summed E-state index contributed by atoms with van der Waals surface area (Å²) in [5.41, 5.74) is 4.72. The molecule has 0 saturated heterocycles. The minimum atomic E-state index is 0.921. The average molecular weight is 238 g/mol. The molecule has 0 radical (unpaired) electrons. The molecule has 1 heteroatoms. The summed E-state index contributed by atoms with van der Waals surface area (Å²) in [5.74, 6) is 2.95. The largest absolute Gasteiger partial charge is 0.121 e. The van der Waals surface area contributed by atoms with E-state index in [1.165, 1.54) is 16.9 Å². The fourth-order valence-corrected chi connectivity index (χ4v) is 4.02. The lowest BCUT2D eigenvalue weighted by molar-refractivity contribution is 0.867. The van der Waals surface area contributed by atoms with Crippen LogP contribution in [0, 0.1) is 0 Å². The Morgan fingerprint density at radius 3 is 2.71 bits per heavy atom. The SMILES string of the molecule is c1ccc(CSc2cccc3c2C2CC32)cc1. The van der Waals surface area contributed by atoms with Crippen molar-refractivity contribution in [2.75, 3.05) is 0 Å². The van der Waals surface area contributed by atoms with E-state index in [2.05, 4.69) is 48.5 Å². The molecule has 0 bridgehead atoms. The molecule has 0 aliphatic heterocycles. The summed E-state index contributed by atoms with van der Waals surface area (Å²) in [4.78, 5) is 1.52. The molecule has 84 valence electrons. The third-order valence-corrected chi connectivity index (χ3v) is 5.04. The average Bonchev–Trinajstić information content (AvgIpc) is 3.08. The highest BCUT2D eigenvalue weighted by molar-refractivity contribution is 7.98. The van der Waals surface area contributed by atoms with Crippen LogP contribution in [0.5, 0.6) is 0 Å². The van der Waals surface area contributed by atoms with E-state index in [0.29, 0.717) is 0 Å². The van der Waals surface area contributed by atoms with Crippen LogP contribution in [0.3, 0.4) is 0 Å². The van der Waals surface area contributed by atoms with Crippen LogP contribution in [-0.2, 0) is 5.75 Å². The molecule has 2 aromatic carbocycles. The molecule has 4 rings (SSSR count). The van der Waals surface area contributed by atoms with Gasteiger partial charge in [-0.15, -0.1) is 11.8 Å². The van der Waals surface area contributed by atoms with Gasteiger partial charge in [-0.1, -0.05) is 42.5 Å². The quantitative estimate of drug-likeness (QED) is 0.706. The van der Waals surface area contributed by atoms with Gasteiger partial charge in [-0.3, -0.25) is 0 Å². The van der Waals surface area contributed by atoms with Crippen LogP contribution in [0.25, 0.3) is 0 Å². The Morgan fingerprint density at radius 2 is 1.82 bits per heavy atom. The second kappa shape index (κ2) is 3.64. The molecule has 2 atom stereocenters. The van der Waals surface area contributed by atoms with Crippen molar-refractivity contribution >= 4 is 11.8 Å². The molecule has 0 heterocycles. The van der Waals surface area contributed by atoms with Gasteiger partial charge in [0.1, 0.15) is 0 Å². The molecular formula is C16H14S. The van der Waals surface area contributed by atoms with Crippen LogP contribution in [0.2, 0.25) is 0 Å². The third kappa shape index (κ3) is 1.53. The predicted molar refractivity (Wildman–Crippen MR) is 72.5 cm³/mol. The summed E-state index contributed by atoms with van der Waals surface area (Å²) in [5, 5.41) is 0. The van der Waals surface area contributed by atoms with Gasteiger partial charge in [0.25, 0.3) is 0 Å². The van der Waals surface area contributed by atoms with Gasteiger partial charge in [-0.2, -0.15) is 0 Å². The summed E-state index contributed by atoms with van der Waals surface area (Å²) >= 11 is 2.00. The molecular weight excluding hydrogens is 224 g/mol. The Kier molecular flexibility index (Phi) is 2.10. The number of fused-ring (bicyclic) bond motifs is 4. The summed E-state index contributed by atoms with van der Waals surface area (Å²) in [7, 11) is 0. The maximum atomic E-state index is 2.32. The third-order valence-electron chi connectivity index (χ3n) is 3.90. The van der Waals surface area contributed by atoms with E-state index in [1.807, 2.05) is 11.8 Å². The van der Waals surface area contributed by atoms with Crippen molar-refractivity contribution in [3.05, 3.63) is 65.2 Å². The summed E-state index contributed by atoms with van der Waals surface area (Å²) < 4.78 is 0. The maximum Gasteiger partial charge on any atom is 0.0232 e. The van der Waals surface area contributed by atoms with E-state index in [9.17, 15) is 0 Å². The van der Waals surface area contributed by atoms with Gasteiger partial charge in [-0.05, 0) is 41.0 Å². The standard InChI is InChI=1S/C16H14S/c1-2-5-11(6-3-1)10-17-15-8-4-7-12-13-9-14(13)16(12)15/h1-8,13-14H,9-10H2. The maximum absolute atomic E-state index is 2.32. The molecule has 1 fully saturated rings. The Labute approximate surface area is 106 Å². The lowest BCUT2D eigenvalue weighted by atomic mass is 9.89. The molecule has 1 saturated carbocycles. The van der Waals surface area contributed by atoms with Crippen molar-refractivity contribution in [1.82, 2.24) is 0 Å². The molecule has 0 spiro atoms. The van der Waals surface area contributed by atoms with Crippen LogP contribution in [0.15, 0.2) is 53.4 Å². The van der Waals surface area contributed by atoms with Gasteiger partial charge in [0, 0.05) is 10.6 Å². The zero-order valence-corrected chi connectivity index (χ0v) is 10.4. The van der Waals surface area contributed by atoms with Crippen molar-refractivity contribution in [1.29, 1.82) is 0 Å². The summed E-state index contributed by atoms with van der Waals surface area (Å²) in [6, 6.07) is 17.6. The number of rotatable bonds is 3. The van der Waals surface area contributed by atoms with Gasteiger partial charge in [0.15, 0.2) is 0 Å². The fourth-order valence-electron chi connectivity index (χ4n) is 2.90. The molecule has 0 aromatic heterocycles. The van der Waals surface area contributed by atoms with E-state index >= 15 is 0 Å². The van der Waals surface area contributed by atoms with Gasteiger partial charge in [-0.25, -0.2) is 0 Å². The van der Waals surface area contributed by atoms with E-state index in [0.717, 1.165) is 17.6 Å². The molecule has 0 N–H and O–H groups in total. The molecule has 0 nitrogen and oxygen atoms in total. The first-order valence-corrected chi connectivity index (χ1v) is 7.21. The van der Waals surface area contributed by atoms with E-state index in [4.69, 9.17) is 0 Å². The van der Waals surface area contributed by atoms with Crippen LogP contribution in [0.4, 0.5) is 0 Å². The Bertz CT molecular complexity index is 559. The van der Waals surface area contributed by atoms with Crippen molar-refractivity contribution in [3.63, 3.8) is 0 Å². The minimum absolute atomic E-state index is 0.921. The first kappa shape index (κ1) is 9.78. The molecule has 17 heavy (non-hydrogen) atoms. The van der Waals surface area contributed by atoms with E-state index in [1.54, 1.807) is 11.1 Å². The second-order valence-corrected chi connectivity index (χ2v) is 6.00. The van der Waals surface area contributed by atoms with Gasteiger partial charge in [0.2, 0.25) is 0 Å². The lowest BCUT2D eigenvalue weighted by Gasteiger charge is -2.21. The first-order valence-electron chi connectivity index (χ1n) is 6.23. The zero-order valence-electron chi connectivity index (χ0n) is 9.60. The summed E-state index contributed by atoms with van der Waals surface area (Å²) in [6.45, 7) is 0. The Balaban J connectivity index is 1.56. The normalized spacial score (nSPS) is 23.5. The first-order chi connectivity index (χ1) is 8.43. The van der Waals surface area contributed by atoms with E-state index in [-0.39, 0.29) is 0 Å². The smallest absolute Gasteiger partial charge is 0.0232 e. The highest BCUT2D eigenvalue weighted by Gasteiger charge is 2.51. The van der Waals surface area contributed by atoms with Gasteiger partial charge >= 0.3 is 0 Å². The molecule has 2 aliphatic rings. The number of benzene rings is 2. The highest BCUT2D eigenvalue weighted by atomic mass is 32.2. The topological polar surface area (TPSA) is 0 Å². The minimum Gasteiger partial charge on any atom is -0.121 e. The van der Waals surface area contributed by atoms with Crippen molar-refractivity contribution in [2.24, 2.45) is 0 Å². The van der Waals surface area contributed by atoms with Gasteiger partial charge in [0.05, 0.1) is 0 Å². The Morgan fingerprint density at radius 1 is 0.941 bits per heavy atom. The lowest BCUT2D eigenvalue weighted by Crippen LogP contribution is -2.03. The fraction of sp³-hybridized carbons (Fsp3) is 0.250. The molecule has 2 aliphatic carbocycles. The molecule has 2 aromatic rings. The van der Waals surface area contributed by atoms with E-state index < -0.39 is 0 Å². The number of thioether (sulfide) groups is 1. The predicted octanol–water partition coefficient (Wildman–Crippen LogP) is 4.56. The Hall–Kier alpha value is -1.21. The van der Waals surface area contributed by atoms with Gasteiger partial charge < -0.3 is 0 Å². The van der Waals surface area contributed by atoms with Crippen LogP contribution < -0.4 is 0 Å². The van der Waals surface area contributed by atoms with Crippen molar-refractivity contribution in [2.45, 2.75) is 28.9 Å². The van der Waals surface area contributed by atoms with Crippen LogP contribution >= 0.6 is 11.8 Å². The molecule has 2 unspecified atom stereocenters. The van der Waals surface area contributed by atoms with Crippen LogP contribution in [0.1, 0.15) is 34.9 Å². The number of hydrogen-bond acceptors (Lipinski definition) is 1. The van der Waals surface area contributed by atoms with Crippen molar-refractivity contribution < 1.29 is 0 Å². The van der Waals surface area contributed by atoms with Crippen molar-refractivity contribution in [3.8, 4) is 0 Å². The second-order valence-electron chi connectivity index (χ2n) is 4.98. The number of hydrogen-bond donors (Lipinski definition) is 0. The zero-order chi connectivity index (χ0) is 11.2. The van der Waals surface area contributed by atoms with Crippen LogP contribution in [-0.4, -0.2) is 0 Å². The summed E-state index contributed by atoms with van der Waals surface area (Å²) in [6.07, 6.45) is 1.41. The highest BCUT2D eigenvalue weighted by Crippen LogP contribution is 2.67. The molecule has 0 amide bonds. The monoisotopic (exact) mass is 238 g/mol.